The number of nitrogens with two attached hydrogens (primary N) is 1. The molecule has 3 N–H and O–H groups in total. The lowest BCUT2D eigenvalue weighted by Gasteiger charge is -2.36. The van der Waals surface area contributed by atoms with E-state index < -0.39 is 6.17 Å². The monoisotopic (exact) mass is 463 g/mol. The molecule has 1 aliphatic rings. The van der Waals surface area contributed by atoms with Crippen LogP contribution in [0.3, 0.4) is 0 Å². The minimum Gasteiger partial charge on any atom is -0.404 e. The summed E-state index contributed by atoms with van der Waals surface area (Å²) in [5.41, 5.74) is 11.3. The van der Waals surface area contributed by atoms with Crippen molar-refractivity contribution in [2.24, 2.45) is 16.6 Å². The molecular weight excluding hydrogens is 425 g/mol. The summed E-state index contributed by atoms with van der Waals surface area (Å²) in [5, 5.41) is 3.06. The Labute approximate surface area is 203 Å². The van der Waals surface area contributed by atoms with Crippen LogP contribution in [0.2, 0.25) is 0 Å². The molecule has 2 unspecified atom stereocenters. The lowest BCUT2D eigenvalue weighted by atomic mass is 9.75. The van der Waals surface area contributed by atoms with Gasteiger partial charge in [-0.05, 0) is 67.2 Å². The highest BCUT2D eigenvalue weighted by Gasteiger charge is 2.31. The molecule has 0 saturated heterocycles. The van der Waals surface area contributed by atoms with Gasteiger partial charge in [-0.3, -0.25) is 9.79 Å². The number of rotatable bonds is 10. The number of hydrogen-bond acceptors (Lipinski definition) is 3. The summed E-state index contributed by atoms with van der Waals surface area (Å²) in [6, 6.07) is 14.6. The first kappa shape index (κ1) is 25.7. The molecule has 1 aliphatic carbocycles. The van der Waals surface area contributed by atoms with E-state index in [0.717, 1.165) is 42.4 Å². The number of nitrogens with one attached hydrogen (secondary N) is 1. The lowest BCUT2D eigenvalue weighted by Crippen LogP contribution is -2.44. The third kappa shape index (κ3) is 6.78. The molecule has 2 atom stereocenters. The average Bonchev–Trinajstić information content (AvgIpc) is 2.79. The van der Waals surface area contributed by atoms with Crippen LogP contribution in [0.5, 0.6) is 0 Å². The SMILES string of the molecule is CCC(C)Cc1ccc(CN=C/C(=C\N)C(=O)NC2CC(c3cccc(C)c3)C2)cc1C(C)F. The van der Waals surface area contributed by atoms with Crippen LogP contribution in [0.25, 0.3) is 0 Å². The second-order valence-electron chi connectivity index (χ2n) is 9.71. The minimum absolute atomic E-state index is 0.146. The quantitative estimate of drug-likeness (QED) is 0.331. The van der Waals surface area contributed by atoms with Gasteiger partial charge in [0, 0.05) is 18.5 Å². The van der Waals surface area contributed by atoms with Crippen molar-refractivity contribution < 1.29 is 9.18 Å². The maximum absolute atomic E-state index is 14.2. The molecule has 0 aliphatic heterocycles. The molecular formula is C29H38FN3O. The number of halogens is 1. The zero-order valence-corrected chi connectivity index (χ0v) is 20.9. The van der Waals surface area contributed by atoms with Crippen LogP contribution in [0.4, 0.5) is 4.39 Å². The van der Waals surface area contributed by atoms with Crippen molar-refractivity contribution in [3.05, 3.63) is 82.1 Å². The summed E-state index contributed by atoms with van der Waals surface area (Å²) in [7, 11) is 0. The number of carbonyl (C=O) groups is 1. The van der Waals surface area contributed by atoms with Crippen LogP contribution < -0.4 is 11.1 Å². The first-order valence-corrected chi connectivity index (χ1v) is 12.4. The summed E-state index contributed by atoms with van der Waals surface area (Å²) < 4.78 is 14.2. The van der Waals surface area contributed by atoms with E-state index in [1.807, 2.05) is 18.2 Å². The topological polar surface area (TPSA) is 67.5 Å². The molecule has 4 nitrogen and oxygen atoms in total. The van der Waals surface area contributed by atoms with Gasteiger partial charge in [0.2, 0.25) is 0 Å². The maximum atomic E-state index is 14.2. The van der Waals surface area contributed by atoms with Gasteiger partial charge in [0.1, 0.15) is 6.17 Å². The molecule has 0 radical (unpaired) electrons. The number of benzene rings is 2. The number of carbonyl (C=O) groups excluding carboxylic acids is 1. The van der Waals surface area contributed by atoms with Gasteiger partial charge in [0.25, 0.3) is 5.91 Å². The predicted molar refractivity (Wildman–Crippen MR) is 139 cm³/mol. The van der Waals surface area contributed by atoms with Crippen molar-refractivity contribution in [2.45, 2.75) is 78.1 Å². The fraction of sp³-hybridized carbons (Fsp3) is 0.448. The summed E-state index contributed by atoms with van der Waals surface area (Å²) in [4.78, 5) is 17.0. The molecule has 1 amide bonds. The van der Waals surface area contributed by atoms with E-state index in [9.17, 15) is 9.18 Å². The molecule has 0 heterocycles. The number of hydrogen-bond donors (Lipinski definition) is 2. The van der Waals surface area contributed by atoms with Gasteiger partial charge in [0.05, 0.1) is 12.1 Å². The van der Waals surface area contributed by atoms with E-state index in [2.05, 4.69) is 55.3 Å². The Bertz CT molecular complexity index is 1040. The number of aryl methyl sites for hydroxylation is 1. The number of amides is 1. The highest BCUT2D eigenvalue weighted by atomic mass is 19.1. The summed E-state index contributed by atoms with van der Waals surface area (Å²) >= 11 is 0. The molecule has 5 heteroatoms. The van der Waals surface area contributed by atoms with Crippen molar-refractivity contribution in [3.8, 4) is 0 Å². The third-order valence-electron chi connectivity index (χ3n) is 6.84. The summed E-state index contributed by atoms with van der Waals surface area (Å²) in [6.45, 7) is 8.37. The number of aliphatic imine (C=N–C) groups is 1. The zero-order valence-electron chi connectivity index (χ0n) is 20.9. The maximum Gasteiger partial charge on any atom is 0.254 e. The van der Waals surface area contributed by atoms with E-state index >= 15 is 0 Å². The van der Waals surface area contributed by atoms with Crippen molar-refractivity contribution in [2.75, 3.05) is 0 Å². The van der Waals surface area contributed by atoms with Gasteiger partial charge < -0.3 is 11.1 Å². The highest BCUT2D eigenvalue weighted by molar-refractivity contribution is 6.12. The molecule has 2 aromatic rings. The van der Waals surface area contributed by atoms with Crippen molar-refractivity contribution in [1.29, 1.82) is 0 Å². The average molecular weight is 464 g/mol. The largest absolute Gasteiger partial charge is 0.404 e. The van der Waals surface area contributed by atoms with Crippen LogP contribution in [0, 0.1) is 12.8 Å². The molecule has 182 valence electrons. The van der Waals surface area contributed by atoms with Crippen LogP contribution >= 0.6 is 0 Å². The van der Waals surface area contributed by atoms with Crippen molar-refractivity contribution in [1.82, 2.24) is 5.32 Å². The molecule has 0 spiro atoms. The van der Waals surface area contributed by atoms with Crippen LogP contribution in [0.1, 0.15) is 79.9 Å². The fourth-order valence-corrected chi connectivity index (χ4v) is 4.45. The molecule has 2 aromatic carbocycles. The Morgan fingerprint density at radius 2 is 2.00 bits per heavy atom. The van der Waals surface area contributed by atoms with E-state index in [4.69, 9.17) is 5.73 Å². The molecule has 34 heavy (non-hydrogen) atoms. The Kier molecular flexibility index (Phi) is 9.03. The zero-order chi connectivity index (χ0) is 24.7. The van der Waals surface area contributed by atoms with Crippen LogP contribution in [-0.4, -0.2) is 18.2 Å². The Morgan fingerprint density at radius 3 is 2.65 bits per heavy atom. The lowest BCUT2D eigenvalue weighted by molar-refractivity contribution is -0.118. The standard InChI is InChI=1S/C29H38FN3O/c1-5-19(2)11-24-10-9-22(13-28(24)21(4)30)17-32-18-26(16-31)29(34)33-27-14-25(15-27)23-8-6-7-20(3)12-23/h6-10,12-13,16,18-19,21,25,27H,5,11,14-15,17,31H2,1-4H3,(H,33,34)/b26-16+,32-18?. The van der Waals surface area contributed by atoms with E-state index in [0.29, 0.717) is 24.0 Å². The fourth-order valence-electron chi connectivity index (χ4n) is 4.45. The highest BCUT2D eigenvalue weighted by Crippen LogP contribution is 2.37. The third-order valence-corrected chi connectivity index (χ3v) is 6.84. The molecule has 0 bridgehead atoms. The van der Waals surface area contributed by atoms with Crippen molar-refractivity contribution in [3.63, 3.8) is 0 Å². The van der Waals surface area contributed by atoms with Gasteiger partial charge in [-0.25, -0.2) is 4.39 Å². The van der Waals surface area contributed by atoms with E-state index in [1.165, 1.54) is 23.5 Å². The Balaban J connectivity index is 1.54. The van der Waals surface area contributed by atoms with Gasteiger partial charge in [-0.2, -0.15) is 0 Å². The van der Waals surface area contributed by atoms with Gasteiger partial charge in [-0.1, -0.05) is 68.3 Å². The van der Waals surface area contributed by atoms with Crippen LogP contribution in [0.15, 0.2) is 59.2 Å². The molecule has 1 fully saturated rings. The Hall–Kier alpha value is -2.95. The predicted octanol–water partition coefficient (Wildman–Crippen LogP) is 6.09. The number of alkyl halides is 1. The second-order valence-corrected chi connectivity index (χ2v) is 9.71. The smallest absolute Gasteiger partial charge is 0.254 e. The van der Waals surface area contributed by atoms with E-state index in [1.54, 1.807) is 6.92 Å². The molecule has 3 rings (SSSR count). The summed E-state index contributed by atoms with van der Waals surface area (Å²) in [5.74, 6) is 0.792. The first-order chi connectivity index (χ1) is 16.3. The number of nitrogens with zero attached hydrogens (tertiary/aromatic N) is 1. The molecule has 0 aromatic heterocycles. The molecule has 1 saturated carbocycles. The van der Waals surface area contributed by atoms with Gasteiger partial charge >= 0.3 is 0 Å². The van der Waals surface area contributed by atoms with E-state index in [-0.39, 0.29) is 11.9 Å². The Morgan fingerprint density at radius 1 is 1.24 bits per heavy atom. The summed E-state index contributed by atoms with van der Waals surface area (Å²) in [6.07, 6.45) is 5.57. The van der Waals surface area contributed by atoms with Crippen molar-refractivity contribution >= 4 is 12.1 Å². The normalized spacial score (nSPS) is 20.1. The first-order valence-electron chi connectivity index (χ1n) is 12.4. The van der Waals surface area contributed by atoms with Gasteiger partial charge in [-0.15, -0.1) is 0 Å². The second kappa shape index (κ2) is 12.0. The van der Waals surface area contributed by atoms with Crippen LogP contribution in [-0.2, 0) is 17.8 Å². The minimum atomic E-state index is -1.03. The van der Waals surface area contributed by atoms with Gasteiger partial charge in [0.15, 0.2) is 0 Å².